The average Bonchev–Trinajstić information content (AvgIpc) is 3.30. The smallest absolute Gasteiger partial charge is 0.148 e. The first-order chi connectivity index (χ1) is 30.7. The Hall–Kier alpha value is -7.66. The first kappa shape index (κ1) is 44.9. The van der Waals surface area contributed by atoms with Crippen LogP contribution in [0.3, 0.4) is 0 Å². The minimum Gasteiger partial charge on any atom is -0.496 e. The summed E-state index contributed by atoms with van der Waals surface area (Å²) in [5.41, 5.74) is 8.19. The fourth-order valence-electron chi connectivity index (χ4n) is 7.78. The van der Waals surface area contributed by atoms with E-state index in [1.165, 1.54) is 0 Å². The van der Waals surface area contributed by atoms with E-state index in [1.54, 1.807) is 42.7 Å². The molecule has 10 bridgehead atoms. The van der Waals surface area contributed by atoms with E-state index in [1.807, 2.05) is 60.7 Å². The van der Waals surface area contributed by atoms with E-state index in [2.05, 4.69) is 23.7 Å². The fraction of sp³-hybridized carbons (Fsp3) is 0.283. The van der Waals surface area contributed by atoms with Crippen molar-refractivity contribution in [2.75, 3.05) is 69.1 Å². The molecule has 0 atom stereocenters. The van der Waals surface area contributed by atoms with Crippen LogP contribution in [0.2, 0.25) is 0 Å². The third-order valence-electron chi connectivity index (χ3n) is 10.7. The highest BCUT2D eigenvalue weighted by Crippen LogP contribution is 2.42. The molecule has 322 valence electrons. The Morgan fingerprint density at radius 2 is 0.429 bits per heavy atom. The van der Waals surface area contributed by atoms with Crippen LogP contribution in [0.4, 0.5) is 0 Å². The summed E-state index contributed by atoms with van der Waals surface area (Å²) < 4.78 is 61.0. The van der Waals surface area contributed by atoms with Crippen molar-refractivity contribution in [1.82, 2.24) is 0 Å². The molecule has 15 rings (SSSR count). The zero-order chi connectivity index (χ0) is 44.9. The van der Waals surface area contributed by atoms with Gasteiger partial charge in [-0.2, -0.15) is 0 Å². The van der Waals surface area contributed by atoms with Crippen molar-refractivity contribution in [3.8, 4) is 107 Å². The molecule has 10 heteroatoms. The summed E-state index contributed by atoms with van der Waals surface area (Å²) in [6, 6.07) is 19.5. The standard InChI is InChI=1S/C53H50O10/c1-11-15-60-50-32-42-22-38-28-49(59-10)39(29-48(38)58-9)23-43-33-51(61-16-12-2)41(31-53(43)63-18-14-4)21-37-27-45(55-6)35(25-47(37)57-8)19-34-24-46(56-7)36(26-44(34)54-5)20-40(50)30-52(42)62-17-13-3/h1-4,24-33H,15-23H2,5-10H3. The van der Waals surface area contributed by atoms with Gasteiger partial charge in [-0.1, -0.05) is 23.7 Å². The summed E-state index contributed by atoms with van der Waals surface area (Å²) in [6.45, 7) is 0.145. The van der Waals surface area contributed by atoms with Crippen molar-refractivity contribution in [2.24, 2.45) is 0 Å². The normalized spacial score (nSPS) is 11.5. The highest BCUT2D eigenvalue weighted by Gasteiger charge is 2.23. The van der Waals surface area contributed by atoms with Gasteiger partial charge in [-0.3, -0.25) is 0 Å². The maximum atomic E-state index is 6.22. The zero-order valence-corrected chi connectivity index (χ0v) is 36.5. The molecule has 0 aliphatic heterocycles. The van der Waals surface area contributed by atoms with Gasteiger partial charge in [-0.25, -0.2) is 0 Å². The summed E-state index contributed by atoms with van der Waals surface area (Å²) in [7, 11) is 9.79. The molecule has 10 nitrogen and oxygen atoms in total. The summed E-state index contributed by atoms with van der Waals surface area (Å²) in [5, 5.41) is 0. The number of hydrogen-bond donors (Lipinski definition) is 0. The molecule has 0 fully saturated rings. The lowest BCUT2D eigenvalue weighted by Crippen LogP contribution is -2.07. The number of benzene rings is 5. The molecule has 0 aromatic heterocycles. The molecule has 0 saturated heterocycles. The molecule has 10 aliphatic rings. The molecule has 0 unspecified atom stereocenters. The Kier molecular flexibility index (Phi) is 15.1. The molecule has 0 amide bonds. The second-order valence-electron chi connectivity index (χ2n) is 14.4. The Labute approximate surface area is 370 Å². The van der Waals surface area contributed by atoms with Crippen molar-refractivity contribution in [1.29, 1.82) is 0 Å². The van der Waals surface area contributed by atoms with Crippen LogP contribution in [0, 0.1) is 49.4 Å². The first-order valence-electron chi connectivity index (χ1n) is 20.0. The summed E-state index contributed by atoms with van der Waals surface area (Å²) in [5.74, 6) is 16.4. The minimum absolute atomic E-state index is 0.0351. The van der Waals surface area contributed by atoms with E-state index >= 15 is 0 Å². The largest absolute Gasteiger partial charge is 0.496 e. The molecule has 10 aliphatic carbocycles. The number of ether oxygens (including phenoxy) is 10. The SMILES string of the molecule is C#CCOc1cc2c(OCC#C)cc1Cc1cc(OC)c(cc1OC)Cc1cc(OC)c(cc1OC)Cc1cc(OCC#C)c(cc1OCC#C)Cc1cc(OC)c(cc1OC)C2. The van der Waals surface area contributed by atoms with Crippen LogP contribution < -0.4 is 47.4 Å². The third kappa shape index (κ3) is 10.3. The van der Waals surface area contributed by atoms with Crippen molar-refractivity contribution in [2.45, 2.75) is 32.1 Å². The second kappa shape index (κ2) is 21.2. The molecule has 0 N–H and O–H groups in total. The molecule has 5 aromatic carbocycles. The van der Waals surface area contributed by atoms with Gasteiger partial charge < -0.3 is 47.4 Å². The van der Waals surface area contributed by atoms with Gasteiger partial charge in [-0.05, 0) is 60.7 Å². The Balaban J connectivity index is 1.65. The van der Waals surface area contributed by atoms with E-state index in [0.29, 0.717) is 89.6 Å². The van der Waals surface area contributed by atoms with Crippen molar-refractivity contribution in [3.05, 3.63) is 116 Å². The van der Waals surface area contributed by atoms with E-state index < -0.39 is 0 Å². The van der Waals surface area contributed by atoms with Crippen LogP contribution in [0.15, 0.2) is 60.7 Å². The van der Waals surface area contributed by atoms with E-state index in [-0.39, 0.29) is 26.4 Å². The Bertz CT molecular complexity index is 2450. The molecular formula is C53H50O10. The minimum atomic E-state index is 0.0351. The third-order valence-corrected chi connectivity index (χ3v) is 10.7. The van der Waals surface area contributed by atoms with Gasteiger partial charge in [0.1, 0.15) is 83.9 Å². The number of terminal acetylenes is 4. The van der Waals surface area contributed by atoms with Crippen LogP contribution in [-0.4, -0.2) is 69.1 Å². The van der Waals surface area contributed by atoms with Gasteiger partial charge in [-0.15, -0.1) is 25.7 Å². The zero-order valence-electron chi connectivity index (χ0n) is 36.5. The highest BCUT2D eigenvalue weighted by atomic mass is 16.5. The maximum Gasteiger partial charge on any atom is 0.148 e. The van der Waals surface area contributed by atoms with E-state index in [9.17, 15) is 0 Å². The van der Waals surface area contributed by atoms with Crippen molar-refractivity contribution >= 4 is 0 Å². The van der Waals surface area contributed by atoms with Crippen molar-refractivity contribution < 1.29 is 47.4 Å². The summed E-state index contributed by atoms with van der Waals surface area (Å²) in [4.78, 5) is 0. The maximum absolute atomic E-state index is 6.22. The van der Waals surface area contributed by atoms with E-state index in [0.717, 1.165) is 55.6 Å². The Morgan fingerprint density at radius 1 is 0.286 bits per heavy atom. The molecular weight excluding hydrogens is 797 g/mol. The molecule has 0 saturated carbocycles. The lowest BCUT2D eigenvalue weighted by Gasteiger charge is -2.20. The second-order valence-corrected chi connectivity index (χ2v) is 14.4. The predicted octanol–water partition coefficient (Wildman–Crippen LogP) is 8.05. The van der Waals surface area contributed by atoms with Gasteiger partial charge >= 0.3 is 0 Å². The lowest BCUT2D eigenvalue weighted by molar-refractivity contribution is 0.353. The van der Waals surface area contributed by atoms with Crippen LogP contribution >= 0.6 is 0 Å². The van der Waals surface area contributed by atoms with Gasteiger partial charge in [0.2, 0.25) is 0 Å². The van der Waals surface area contributed by atoms with E-state index in [4.69, 9.17) is 73.1 Å². The van der Waals surface area contributed by atoms with Gasteiger partial charge in [0, 0.05) is 87.7 Å². The first-order valence-corrected chi connectivity index (χ1v) is 20.0. The quantitative estimate of drug-likeness (QED) is 0.100. The van der Waals surface area contributed by atoms with Crippen LogP contribution in [-0.2, 0) is 32.1 Å². The van der Waals surface area contributed by atoms with Gasteiger partial charge in [0.15, 0.2) is 0 Å². The van der Waals surface area contributed by atoms with Crippen LogP contribution in [0.5, 0.6) is 57.5 Å². The fourth-order valence-corrected chi connectivity index (χ4v) is 7.78. The summed E-state index contributed by atoms with van der Waals surface area (Å²) in [6.07, 6.45) is 24.8. The number of hydrogen-bond acceptors (Lipinski definition) is 10. The molecule has 63 heavy (non-hydrogen) atoms. The molecule has 5 aromatic rings. The highest BCUT2D eigenvalue weighted by molar-refractivity contribution is 5.59. The molecule has 0 radical (unpaired) electrons. The molecule has 0 heterocycles. The van der Waals surface area contributed by atoms with Crippen LogP contribution in [0.25, 0.3) is 0 Å². The molecule has 0 spiro atoms. The Morgan fingerprint density at radius 3 is 0.571 bits per heavy atom. The average molecular weight is 847 g/mol. The number of methoxy groups -OCH3 is 6. The topological polar surface area (TPSA) is 92.3 Å². The monoisotopic (exact) mass is 846 g/mol. The van der Waals surface area contributed by atoms with Gasteiger partial charge in [0.05, 0.1) is 42.7 Å². The summed E-state index contributed by atoms with van der Waals surface area (Å²) >= 11 is 0. The number of rotatable bonds is 14. The predicted molar refractivity (Wildman–Crippen MR) is 243 cm³/mol. The van der Waals surface area contributed by atoms with Crippen molar-refractivity contribution in [3.63, 3.8) is 0 Å². The van der Waals surface area contributed by atoms with Crippen LogP contribution in [0.1, 0.15) is 55.6 Å². The van der Waals surface area contributed by atoms with Gasteiger partial charge in [0.25, 0.3) is 0 Å². The lowest BCUT2D eigenvalue weighted by atomic mass is 9.94.